The minimum Gasteiger partial charge on any atom is -0.465 e. The van der Waals surface area contributed by atoms with Gasteiger partial charge in [0.2, 0.25) is 0 Å². The van der Waals surface area contributed by atoms with Gasteiger partial charge in [0.25, 0.3) is 0 Å². The van der Waals surface area contributed by atoms with E-state index in [1.165, 1.54) is 0 Å². The summed E-state index contributed by atoms with van der Waals surface area (Å²) in [5.74, 6) is 1.29. The van der Waals surface area contributed by atoms with Crippen molar-refractivity contribution in [3.05, 3.63) is 36.6 Å². The third-order valence-corrected chi connectivity index (χ3v) is 4.07. The van der Waals surface area contributed by atoms with Crippen molar-refractivity contribution in [1.82, 2.24) is 0 Å². The monoisotopic (exact) mass is 288 g/mol. The van der Waals surface area contributed by atoms with Crippen LogP contribution in [0.2, 0.25) is 0 Å². The molecule has 0 bridgehead atoms. The molecular formula is C17H25BO3. The summed E-state index contributed by atoms with van der Waals surface area (Å²) in [7, 11) is -0.324. The maximum Gasteiger partial charge on any atom is 0.494 e. The Morgan fingerprint density at radius 2 is 1.52 bits per heavy atom. The molecule has 1 aliphatic rings. The number of allylic oxidation sites excluding steroid dienone is 1. The summed E-state index contributed by atoms with van der Waals surface area (Å²) in [6.07, 6.45) is 3.75. The molecule has 0 amide bonds. The van der Waals surface area contributed by atoms with E-state index >= 15 is 0 Å². The molecule has 0 unspecified atom stereocenters. The summed E-state index contributed by atoms with van der Waals surface area (Å²) in [4.78, 5) is 0. The van der Waals surface area contributed by atoms with Gasteiger partial charge in [-0.05, 0) is 57.3 Å². The van der Waals surface area contributed by atoms with E-state index in [2.05, 4.69) is 41.5 Å². The fraction of sp³-hybridized carbons (Fsp3) is 0.529. The second-order valence-corrected chi connectivity index (χ2v) is 6.85. The molecule has 0 aliphatic carbocycles. The van der Waals surface area contributed by atoms with Crippen molar-refractivity contribution in [2.45, 2.75) is 52.7 Å². The van der Waals surface area contributed by atoms with Crippen molar-refractivity contribution in [1.29, 1.82) is 0 Å². The molecule has 0 atom stereocenters. The normalized spacial score (nSPS) is 20.4. The number of benzene rings is 1. The molecule has 1 fully saturated rings. The topological polar surface area (TPSA) is 27.7 Å². The van der Waals surface area contributed by atoms with Gasteiger partial charge in [-0.3, -0.25) is 0 Å². The lowest BCUT2D eigenvalue weighted by Gasteiger charge is -2.32. The first-order valence-corrected chi connectivity index (χ1v) is 7.50. The SMILES string of the molecule is CC(C)/C=C/Oc1ccc(B2OC(C)(C)C(C)(C)O2)cc1. The van der Waals surface area contributed by atoms with Crippen LogP contribution in [0.5, 0.6) is 5.75 Å². The smallest absolute Gasteiger partial charge is 0.465 e. The first kappa shape index (κ1) is 16.1. The third-order valence-electron chi connectivity index (χ3n) is 4.07. The molecule has 3 nitrogen and oxygen atoms in total. The lowest BCUT2D eigenvalue weighted by Crippen LogP contribution is -2.41. The van der Waals surface area contributed by atoms with Crippen molar-refractivity contribution >= 4 is 12.6 Å². The van der Waals surface area contributed by atoms with Crippen LogP contribution in [0, 0.1) is 5.92 Å². The Hall–Kier alpha value is -1.26. The zero-order chi connectivity index (χ0) is 15.7. The van der Waals surface area contributed by atoms with Gasteiger partial charge in [-0.25, -0.2) is 0 Å². The summed E-state index contributed by atoms with van der Waals surface area (Å²) in [5.41, 5.74) is 0.383. The highest BCUT2D eigenvalue weighted by molar-refractivity contribution is 6.62. The molecule has 1 heterocycles. The summed E-state index contributed by atoms with van der Waals surface area (Å²) in [6, 6.07) is 7.84. The van der Waals surface area contributed by atoms with Crippen LogP contribution in [0.3, 0.4) is 0 Å². The molecule has 0 saturated carbocycles. The molecule has 4 heteroatoms. The second kappa shape index (κ2) is 5.86. The van der Waals surface area contributed by atoms with Crippen molar-refractivity contribution < 1.29 is 14.0 Å². The first-order chi connectivity index (χ1) is 9.71. The molecule has 0 N–H and O–H groups in total. The van der Waals surface area contributed by atoms with E-state index < -0.39 is 0 Å². The Kier molecular flexibility index (Phi) is 4.50. The van der Waals surface area contributed by atoms with Crippen molar-refractivity contribution in [2.24, 2.45) is 5.92 Å². The number of ether oxygens (including phenoxy) is 1. The molecule has 1 aromatic carbocycles. The lowest BCUT2D eigenvalue weighted by molar-refractivity contribution is 0.00578. The largest absolute Gasteiger partial charge is 0.494 e. The third kappa shape index (κ3) is 3.69. The van der Waals surface area contributed by atoms with Gasteiger partial charge in [0, 0.05) is 0 Å². The summed E-state index contributed by atoms with van der Waals surface area (Å²) in [5, 5.41) is 0. The van der Waals surface area contributed by atoms with E-state index in [0.717, 1.165) is 11.2 Å². The standard InChI is InChI=1S/C17H25BO3/c1-13(2)11-12-19-15-9-7-14(8-10-15)18-20-16(3,4)17(5,6)21-18/h7-13H,1-6H3/b12-11+. The molecule has 1 saturated heterocycles. The Labute approximate surface area is 128 Å². The highest BCUT2D eigenvalue weighted by Gasteiger charge is 2.51. The van der Waals surface area contributed by atoms with E-state index in [9.17, 15) is 0 Å². The Bertz CT molecular complexity index is 487. The van der Waals surface area contributed by atoms with E-state index in [1.54, 1.807) is 6.26 Å². The molecule has 0 radical (unpaired) electrons. The maximum absolute atomic E-state index is 6.03. The number of hydrogen-bond acceptors (Lipinski definition) is 3. The number of rotatable bonds is 4. The van der Waals surface area contributed by atoms with Gasteiger partial charge in [0.1, 0.15) is 5.75 Å². The van der Waals surface area contributed by atoms with Crippen LogP contribution in [0.1, 0.15) is 41.5 Å². The average Bonchev–Trinajstić information content (AvgIpc) is 2.59. The molecule has 2 rings (SSSR count). The predicted molar refractivity (Wildman–Crippen MR) is 86.8 cm³/mol. The van der Waals surface area contributed by atoms with Crippen LogP contribution < -0.4 is 10.2 Å². The molecule has 1 aromatic rings. The minimum atomic E-state index is -0.324. The van der Waals surface area contributed by atoms with E-state index in [4.69, 9.17) is 14.0 Å². The Morgan fingerprint density at radius 1 is 1.00 bits per heavy atom. The zero-order valence-electron chi connectivity index (χ0n) is 13.8. The predicted octanol–water partition coefficient (Wildman–Crippen LogP) is 3.53. The van der Waals surface area contributed by atoms with Crippen molar-refractivity contribution in [3.8, 4) is 5.75 Å². The fourth-order valence-corrected chi connectivity index (χ4v) is 1.96. The van der Waals surface area contributed by atoms with Gasteiger partial charge in [-0.2, -0.15) is 0 Å². The Balaban J connectivity index is 2.04. The molecule has 114 valence electrons. The van der Waals surface area contributed by atoms with Crippen LogP contribution in [-0.4, -0.2) is 18.3 Å². The summed E-state index contributed by atoms with van der Waals surface area (Å²) >= 11 is 0. The Morgan fingerprint density at radius 3 is 2.00 bits per heavy atom. The molecule has 0 spiro atoms. The van der Waals surface area contributed by atoms with E-state index in [1.807, 2.05) is 30.3 Å². The van der Waals surface area contributed by atoms with Crippen LogP contribution in [-0.2, 0) is 9.31 Å². The fourth-order valence-electron chi connectivity index (χ4n) is 1.96. The summed E-state index contributed by atoms with van der Waals surface area (Å²) in [6.45, 7) is 12.5. The highest BCUT2D eigenvalue weighted by Crippen LogP contribution is 2.36. The quantitative estimate of drug-likeness (QED) is 0.626. The van der Waals surface area contributed by atoms with E-state index in [-0.39, 0.29) is 18.3 Å². The van der Waals surface area contributed by atoms with Gasteiger partial charge in [0.05, 0.1) is 17.5 Å². The first-order valence-electron chi connectivity index (χ1n) is 7.50. The highest BCUT2D eigenvalue weighted by atomic mass is 16.7. The van der Waals surface area contributed by atoms with Crippen molar-refractivity contribution in [2.75, 3.05) is 0 Å². The lowest BCUT2D eigenvalue weighted by atomic mass is 9.79. The average molecular weight is 288 g/mol. The number of hydrogen-bond donors (Lipinski definition) is 0. The van der Waals surface area contributed by atoms with Gasteiger partial charge in [-0.1, -0.05) is 26.0 Å². The van der Waals surface area contributed by atoms with Crippen LogP contribution in [0.25, 0.3) is 0 Å². The molecule has 0 aromatic heterocycles. The molecule has 21 heavy (non-hydrogen) atoms. The minimum absolute atomic E-state index is 0.313. The van der Waals surface area contributed by atoms with Gasteiger partial charge >= 0.3 is 7.12 Å². The van der Waals surface area contributed by atoms with Crippen LogP contribution in [0.15, 0.2) is 36.6 Å². The molecular weight excluding hydrogens is 263 g/mol. The zero-order valence-corrected chi connectivity index (χ0v) is 13.8. The maximum atomic E-state index is 6.03. The van der Waals surface area contributed by atoms with Crippen LogP contribution >= 0.6 is 0 Å². The van der Waals surface area contributed by atoms with Crippen molar-refractivity contribution in [3.63, 3.8) is 0 Å². The van der Waals surface area contributed by atoms with Gasteiger partial charge in [-0.15, -0.1) is 0 Å². The van der Waals surface area contributed by atoms with E-state index in [0.29, 0.717) is 5.92 Å². The summed E-state index contributed by atoms with van der Waals surface area (Å²) < 4.78 is 17.6. The van der Waals surface area contributed by atoms with Gasteiger partial charge in [0.15, 0.2) is 0 Å². The van der Waals surface area contributed by atoms with Gasteiger partial charge < -0.3 is 14.0 Å². The molecule has 1 aliphatic heterocycles. The van der Waals surface area contributed by atoms with Crippen LogP contribution in [0.4, 0.5) is 0 Å². The second-order valence-electron chi connectivity index (χ2n) is 6.85.